The zero-order valence-corrected chi connectivity index (χ0v) is 13.6. The quantitative estimate of drug-likeness (QED) is 0.876. The molecule has 0 aromatic carbocycles. The van der Waals surface area contributed by atoms with Crippen molar-refractivity contribution in [1.82, 2.24) is 19.5 Å². The van der Waals surface area contributed by atoms with Crippen molar-refractivity contribution >= 4 is 27.6 Å². The molecular formula is C13H19BrN6. The predicted molar refractivity (Wildman–Crippen MR) is 83.8 cm³/mol. The van der Waals surface area contributed by atoms with E-state index in [4.69, 9.17) is 0 Å². The fraction of sp³-hybridized carbons (Fsp3) is 0.462. The second kappa shape index (κ2) is 6.69. The molecule has 2 aromatic rings. The summed E-state index contributed by atoms with van der Waals surface area (Å²) >= 11 is 3.58. The Kier molecular flexibility index (Phi) is 4.94. The van der Waals surface area contributed by atoms with Gasteiger partial charge >= 0.3 is 0 Å². The van der Waals surface area contributed by atoms with Crippen LogP contribution in [0.3, 0.4) is 0 Å². The number of rotatable bonds is 6. The Labute approximate surface area is 127 Å². The van der Waals surface area contributed by atoms with Gasteiger partial charge in [0.1, 0.15) is 28.3 Å². The van der Waals surface area contributed by atoms with Gasteiger partial charge in [0.25, 0.3) is 0 Å². The number of hydrogen-bond acceptors (Lipinski definition) is 5. The number of nitrogens with zero attached hydrogens (tertiary/aromatic N) is 5. The molecule has 0 aliphatic carbocycles. The van der Waals surface area contributed by atoms with Crippen LogP contribution in [-0.4, -0.2) is 33.1 Å². The van der Waals surface area contributed by atoms with E-state index in [0.717, 1.165) is 34.9 Å². The Morgan fingerprint density at radius 2 is 2.15 bits per heavy atom. The summed E-state index contributed by atoms with van der Waals surface area (Å²) in [5, 5.41) is 3.28. The third-order valence-electron chi connectivity index (χ3n) is 2.97. The van der Waals surface area contributed by atoms with E-state index in [-0.39, 0.29) is 0 Å². The molecule has 2 aromatic heterocycles. The zero-order valence-electron chi connectivity index (χ0n) is 12.0. The minimum atomic E-state index is 0.687. The highest BCUT2D eigenvalue weighted by Crippen LogP contribution is 2.29. The standard InChI is InChI=1S/C13H19BrN6/c1-4-5-16-12-11(14)13(18-9-17-12)20(3)8-10-15-6-7-19(10)2/h6-7,9H,4-5,8H2,1-3H3,(H,16,17,18). The van der Waals surface area contributed by atoms with Crippen LogP contribution in [0.15, 0.2) is 23.2 Å². The van der Waals surface area contributed by atoms with E-state index in [1.54, 1.807) is 12.5 Å². The van der Waals surface area contributed by atoms with Gasteiger partial charge in [-0.1, -0.05) is 6.92 Å². The van der Waals surface area contributed by atoms with Crippen LogP contribution < -0.4 is 10.2 Å². The molecule has 0 fully saturated rings. The fourth-order valence-corrected chi connectivity index (χ4v) is 2.48. The Bertz CT molecular complexity index is 568. The number of nitrogens with one attached hydrogen (secondary N) is 1. The van der Waals surface area contributed by atoms with Crippen LogP contribution in [0.5, 0.6) is 0 Å². The Balaban J connectivity index is 2.17. The summed E-state index contributed by atoms with van der Waals surface area (Å²) in [5.41, 5.74) is 0. The number of aryl methyl sites for hydroxylation is 1. The molecule has 108 valence electrons. The molecule has 20 heavy (non-hydrogen) atoms. The third-order valence-corrected chi connectivity index (χ3v) is 3.70. The lowest BCUT2D eigenvalue weighted by molar-refractivity contribution is 0.753. The summed E-state index contributed by atoms with van der Waals surface area (Å²) < 4.78 is 2.88. The highest BCUT2D eigenvalue weighted by molar-refractivity contribution is 9.10. The maximum Gasteiger partial charge on any atom is 0.148 e. The van der Waals surface area contributed by atoms with Crippen LogP contribution in [0.1, 0.15) is 19.2 Å². The van der Waals surface area contributed by atoms with Gasteiger partial charge in [0.2, 0.25) is 0 Å². The first-order chi connectivity index (χ1) is 9.63. The summed E-state index contributed by atoms with van der Waals surface area (Å²) in [6, 6.07) is 0. The molecule has 0 radical (unpaired) electrons. The van der Waals surface area contributed by atoms with Gasteiger partial charge in [-0.3, -0.25) is 0 Å². The van der Waals surface area contributed by atoms with Gasteiger partial charge < -0.3 is 14.8 Å². The van der Waals surface area contributed by atoms with E-state index < -0.39 is 0 Å². The highest BCUT2D eigenvalue weighted by atomic mass is 79.9. The number of hydrogen-bond donors (Lipinski definition) is 1. The smallest absolute Gasteiger partial charge is 0.148 e. The van der Waals surface area contributed by atoms with Crippen LogP contribution in [0.4, 0.5) is 11.6 Å². The van der Waals surface area contributed by atoms with Crippen LogP contribution in [-0.2, 0) is 13.6 Å². The maximum absolute atomic E-state index is 4.35. The van der Waals surface area contributed by atoms with Gasteiger partial charge in [0, 0.05) is 33.0 Å². The summed E-state index contributed by atoms with van der Waals surface area (Å²) in [5.74, 6) is 2.66. The van der Waals surface area contributed by atoms with Gasteiger partial charge in [-0.2, -0.15) is 0 Å². The number of halogens is 1. The monoisotopic (exact) mass is 338 g/mol. The fourth-order valence-electron chi connectivity index (χ4n) is 1.83. The van der Waals surface area contributed by atoms with Crippen molar-refractivity contribution in [3.05, 3.63) is 29.0 Å². The van der Waals surface area contributed by atoms with Crippen LogP contribution >= 0.6 is 15.9 Å². The molecule has 0 bridgehead atoms. The normalized spacial score (nSPS) is 10.6. The van der Waals surface area contributed by atoms with E-state index in [1.807, 2.05) is 29.8 Å². The molecular weight excluding hydrogens is 320 g/mol. The second-order valence-corrected chi connectivity index (χ2v) is 5.39. The SMILES string of the molecule is CCCNc1ncnc(N(C)Cc2nccn2C)c1Br. The Hall–Kier alpha value is -1.63. The second-order valence-electron chi connectivity index (χ2n) is 4.60. The summed E-state index contributed by atoms with van der Waals surface area (Å²) in [6.45, 7) is 3.70. The van der Waals surface area contributed by atoms with Crippen LogP contribution in [0, 0.1) is 0 Å². The number of aromatic nitrogens is 4. The first-order valence-electron chi connectivity index (χ1n) is 6.55. The molecule has 0 saturated carbocycles. The van der Waals surface area contributed by atoms with Crippen molar-refractivity contribution in [2.45, 2.75) is 19.9 Å². The van der Waals surface area contributed by atoms with Gasteiger partial charge in [-0.05, 0) is 22.4 Å². The average Bonchev–Trinajstić information content (AvgIpc) is 2.83. The summed E-state index contributed by atoms with van der Waals surface area (Å²) in [6.07, 6.45) is 6.36. The van der Waals surface area contributed by atoms with Crippen molar-refractivity contribution in [3.8, 4) is 0 Å². The van der Waals surface area contributed by atoms with Gasteiger partial charge in [-0.15, -0.1) is 0 Å². The van der Waals surface area contributed by atoms with Gasteiger partial charge in [-0.25, -0.2) is 15.0 Å². The minimum absolute atomic E-state index is 0.687. The van der Waals surface area contributed by atoms with E-state index in [9.17, 15) is 0 Å². The maximum atomic E-state index is 4.35. The lowest BCUT2D eigenvalue weighted by Crippen LogP contribution is -2.21. The zero-order chi connectivity index (χ0) is 14.5. The molecule has 0 spiro atoms. The predicted octanol–water partition coefficient (Wildman–Crippen LogP) is 2.43. The minimum Gasteiger partial charge on any atom is -0.369 e. The molecule has 0 atom stereocenters. The third kappa shape index (κ3) is 3.27. The molecule has 2 rings (SSSR count). The van der Waals surface area contributed by atoms with Crippen molar-refractivity contribution in [2.75, 3.05) is 23.8 Å². The molecule has 7 heteroatoms. The first-order valence-corrected chi connectivity index (χ1v) is 7.34. The van der Waals surface area contributed by atoms with Crippen molar-refractivity contribution in [3.63, 3.8) is 0 Å². The van der Waals surface area contributed by atoms with Gasteiger partial charge in [0.05, 0.1) is 6.54 Å². The Morgan fingerprint density at radius 3 is 2.80 bits per heavy atom. The van der Waals surface area contributed by atoms with Crippen molar-refractivity contribution in [1.29, 1.82) is 0 Å². The lowest BCUT2D eigenvalue weighted by Gasteiger charge is -2.20. The molecule has 0 aliphatic rings. The molecule has 0 aliphatic heterocycles. The molecule has 1 N–H and O–H groups in total. The summed E-state index contributed by atoms with van der Waals surface area (Å²) in [4.78, 5) is 15.0. The van der Waals surface area contributed by atoms with E-state index >= 15 is 0 Å². The molecule has 0 saturated heterocycles. The molecule has 2 heterocycles. The number of imidazole rings is 1. The largest absolute Gasteiger partial charge is 0.369 e. The molecule has 0 unspecified atom stereocenters. The molecule has 0 amide bonds. The van der Waals surface area contributed by atoms with Crippen LogP contribution in [0.2, 0.25) is 0 Å². The first kappa shape index (κ1) is 14.8. The Morgan fingerprint density at radius 1 is 1.35 bits per heavy atom. The van der Waals surface area contributed by atoms with E-state index in [0.29, 0.717) is 6.54 Å². The van der Waals surface area contributed by atoms with E-state index in [1.165, 1.54) is 0 Å². The van der Waals surface area contributed by atoms with Crippen molar-refractivity contribution in [2.24, 2.45) is 7.05 Å². The van der Waals surface area contributed by atoms with Gasteiger partial charge in [0.15, 0.2) is 0 Å². The van der Waals surface area contributed by atoms with Crippen LogP contribution in [0.25, 0.3) is 0 Å². The lowest BCUT2D eigenvalue weighted by atomic mass is 10.4. The van der Waals surface area contributed by atoms with Crippen molar-refractivity contribution < 1.29 is 0 Å². The highest BCUT2D eigenvalue weighted by Gasteiger charge is 2.14. The average molecular weight is 339 g/mol. The number of anilines is 2. The topological polar surface area (TPSA) is 58.9 Å². The van der Waals surface area contributed by atoms with E-state index in [2.05, 4.69) is 43.1 Å². The summed E-state index contributed by atoms with van der Waals surface area (Å²) in [7, 11) is 3.98. The molecule has 6 nitrogen and oxygen atoms in total.